The average Bonchev–Trinajstić information content (AvgIpc) is 2.77. The molecule has 1 fully saturated rings. The highest BCUT2D eigenvalue weighted by Gasteiger charge is 2.19. The molecular weight excluding hydrogens is 244 g/mol. The summed E-state index contributed by atoms with van der Waals surface area (Å²) in [5.41, 5.74) is 0. The van der Waals surface area contributed by atoms with Gasteiger partial charge in [0.1, 0.15) is 0 Å². The Morgan fingerprint density at radius 1 is 1.42 bits per heavy atom. The van der Waals surface area contributed by atoms with E-state index in [0.717, 1.165) is 25.8 Å². The Morgan fingerprint density at radius 3 is 2.68 bits per heavy atom. The van der Waals surface area contributed by atoms with Crippen molar-refractivity contribution in [2.24, 2.45) is 11.8 Å². The van der Waals surface area contributed by atoms with Crippen LogP contribution in [0, 0.1) is 11.8 Å². The highest BCUT2D eigenvalue weighted by atomic mass is 16.4. The van der Waals surface area contributed by atoms with Crippen molar-refractivity contribution in [1.29, 1.82) is 0 Å². The molecule has 110 valence electrons. The Balaban J connectivity index is 2.28. The smallest absolute Gasteiger partial charge is 0.303 e. The second-order valence-electron chi connectivity index (χ2n) is 5.89. The Bertz CT molecular complexity index is 299. The Labute approximate surface area is 115 Å². The van der Waals surface area contributed by atoms with Gasteiger partial charge in [-0.25, -0.2) is 0 Å². The van der Waals surface area contributed by atoms with Crippen LogP contribution in [0.3, 0.4) is 0 Å². The van der Waals surface area contributed by atoms with E-state index in [0.29, 0.717) is 24.9 Å². The maximum Gasteiger partial charge on any atom is 0.303 e. The fourth-order valence-electron chi connectivity index (χ4n) is 2.64. The summed E-state index contributed by atoms with van der Waals surface area (Å²) in [6.07, 6.45) is 3.64. The third kappa shape index (κ3) is 7.15. The molecule has 0 aliphatic carbocycles. The highest BCUT2D eigenvalue weighted by molar-refractivity contribution is 5.76. The summed E-state index contributed by atoms with van der Waals surface area (Å²) in [7, 11) is 0. The molecule has 1 aliphatic rings. The van der Waals surface area contributed by atoms with Crippen molar-refractivity contribution in [2.45, 2.75) is 52.0 Å². The molecule has 0 aromatic carbocycles. The van der Waals surface area contributed by atoms with Gasteiger partial charge in [-0.3, -0.25) is 9.59 Å². The first-order valence-corrected chi connectivity index (χ1v) is 7.19. The average molecular weight is 270 g/mol. The van der Waals surface area contributed by atoms with E-state index in [4.69, 9.17) is 5.11 Å². The Hall–Kier alpha value is -1.10. The van der Waals surface area contributed by atoms with Gasteiger partial charge >= 0.3 is 5.97 Å². The van der Waals surface area contributed by atoms with E-state index in [2.05, 4.69) is 24.5 Å². The van der Waals surface area contributed by atoms with Crippen molar-refractivity contribution in [3.8, 4) is 0 Å². The number of carbonyl (C=O) groups excluding carboxylic acids is 1. The van der Waals surface area contributed by atoms with E-state index in [1.807, 2.05) is 0 Å². The largest absolute Gasteiger partial charge is 0.481 e. The van der Waals surface area contributed by atoms with E-state index in [1.165, 1.54) is 0 Å². The van der Waals surface area contributed by atoms with Gasteiger partial charge in [0.05, 0.1) is 0 Å². The van der Waals surface area contributed by atoms with Crippen LogP contribution in [-0.2, 0) is 9.59 Å². The molecule has 0 aromatic heterocycles. The molecular formula is C14H26N2O3. The molecule has 0 radical (unpaired) electrons. The third-order valence-corrected chi connectivity index (χ3v) is 3.45. The molecule has 0 aromatic rings. The molecule has 2 unspecified atom stereocenters. The van der Waals surface area contributed by atoms with Crippen LogP contribution in [0.2, 0.25) is 0 Å². The second-order valence-corrected chi connectivity index (χ2v) is 5.89. The molecule has 3 N–H and O–H groups in total. The summed E-state index contributed by atoms with van der Waals surface area (Å²) in [5.74, 6) is -0.299. The quantitative estimate of drug-likeness (QED) is 0.622. The summed E-state index contributed by atoms with van der Waals surface area (Å²) in [6.45, 7) is 5.60. The zero-order valence-electron chi connectivity index (χ0n) is 11.9. The van der Waals surface area contributed by atoms with Crippen LogP contribution in [0.25, 0.3) is 0 Å². The normalized spacial score (nSPS) is 20.5. The summed E-state index contributed by atoms with van der Waals surface area (Å²) < 4.78 is 0. The van der Waals surface area contributed by atoms with Crippen molar-refractivity contribution in [2.75, 3.05) is 13.1 Å². The van der Waals surface area contributed by atoms with Gasteiger partial charge in [0.25, 0.3) is 0 Å². The molecule has 0 spiro atoms. The molecule has 0 bridgehead atoms. The van der Waals surface area contributed by atoms with E-state index in [9.17, 15) is 9.59 Å². The zero-order valence-corrected chi connectivity index (χ0v) is 11.9. The minimum Gasteiger partial charge on any atom is -0.481 e. The number of aliphatic carboxylic acids is 1. The fourth-order valence-corrected chi connectivity index (χ4v) is 2.64. The van der Waals surface area contributed by atoms with Gasteiger partial charge in [0.15, 0.2) is 0 Å². The van der Waals surface area contributed by atoms with Gasteiger partial charge < -0.3 is 15.7 Å². The summed E-state index contributed by atoms with van der Waals surface area (Å²) in [5, 5.41) is 15.0. The lowest BCUT2D eigenvalue weighted by Crippen LogP contribution is -2.35. The van der Waals surface area contributed by atoms with Crippen LogP contribution in [-0.4, -0.2) is 36.1 Å². The number of rotatable bonds is 8. The number of hydrogen-bond acceptors (Lipinski definition) is 3. The standard InChI is InChI=1S/C14H26N2O3/c1-10(2)6-11(7-14(18)19)9-16-13(17)8-12-4-3-5-15-12/h10-12,15H,3-9H2,1-2H3,(H,16,17)(H,18,19). The number of carboxylic acids is 1. The molecule has 19 heavy (non-hydrogen) atoms. The minimum atomic E-state index is -0.794. The second kappa shape index (κ2) is 8.15. The lowest BCUT2D eigenvalue weighted by Gasteiger charge is -2.18. The van der Waals surface area contributed by atoms with Crippen molar-refractivity contribution in [3.63, 3.8) is 0 Å². The van der Waals surface area contributed by atoms with Crippen LogP contribution < -0.4 is 10.6 Å². The number of amides is 1. The number of carbonyl (C=O) groups is 2. The lowest BCUT2D eigenvalue weighted by molar-refractivity contribution is -0.138. The van der Waals surface area contributed by atoms with Crippen molar-refractivity contribution >= 4 is 11.9 Å². The van der Waals surface area contributed by atoms with Gasteiger partial charge in [-0.05, 0) is 37.6 Å². The van der Waals surface area contributed by atoms with Crippen LogP contribution >= 0.6 is 0 Å². The molecule has 5 nitrogen and oxygen atoms in total. The third-order valence-electron chi connectivity index (χ3n) is 3.45. The van der Waals surface area contributed by atoms with Crippen LogP contribution in [0.5, 0.6) is 0 Å². The summed E-state index contributed by atoms with van der Waals surface area (Å²) in [6, 6.07) is 0.294. The first-order valence-electron chi connectivity index (χ1n) is 7.19. The zero-order chi connectivity index (χ0) is 14.3. The van der Waals surface area contributed by atoms with Gasteiger partial charge in [-0.2, -0.15) is 0 Å². The summed E-state index contributed by atoms with van der Waals surface area (Å²) in [4.78, 5) is 22.6. The molecule has 1 heterocycles. The van der Waals surface area contributed by atoms with Gasteiger partial charge in [-0.15, -0.1) is 0 Å². The topological polar surface area (TPSA) is 78.4 Å². The number of nitrogens with one attached hydrogen (secondary N) is 2. The van der Waals surface area contributed by atoms with Crippen LogP contribution in [0.15, 0.2) is 0 Å². The Kier molecular flexibility index (Phi) is 6.84. The number of hydrogen-bond donors (Lipinski definition) is 3. The van der Waals surface area contributed by atoms with E-state index in [-0.39, 0.29) is 18.2 Å². The molecule has 2 atom stereocenters. The highest BCUT2D eigenvalue weighted by Crippen LogP contribution is 2.15. The number of carboxylic acid groups (broad SMARTS) is 1. The van der Waals surface area contributed by atoms with Crippen LogP contribution in [0.4, 0.5) is 0 Å². The molecule has 1 rings (SSSR count). The van der Waals surface area contributed by atoms with Crippen LogP contribution in [0.1, 0.15) is 46.0 Å². The van der Waals surface area contributed by atoms with E-state index in [1.54, 1.807) is 0 Å². The molecule has 5 heteroatoms. The van der Waals surface area contributed by atoms with E-state index < -0.39 is 5.97 Å². The van der Waals surface area contributed by atoms with Crippen molar-refractivity contribution < 1.29 is 14.7 Å². The first kappa shape index (κ1) is 16.0. The van der Waals surface area contributed by atoms with Gasteiger partial charge in [0, 0.05) is 25.4 Å². The predicted octanol–water partition coefficient (Wildman–Crippen LogP) is 1.38. The monoisotopic (exact) mass is 270 g/mol. The maximum absolute atomic E-state index is 11.8. The SMILES string of the molecule is CC(C)CC(CNC(=O)CC1CCCN1)CC(=O)O. The predicted molar refractivity (Wildman–Crippen MR) is 73.8 cm³/mol. The Morgan fingerprint density at radius 2 is 2.16 bits per heavy atom. The van der Waals surface area contributed by atoms with Gasteiger partial charge in [0.2, 0.25) is 5.91 Å². The van der Waals surface area contributed by atoms with Gasteiger partial charge in [-0.1, -0.05) is 13.8 Å². The first-order chi connectivity index (χ1) is 8.97. The summed E-state index contributed by atoms with van der Waals surface area (Å²) >= 11 is 0. The molecule has 1 amide bonds. The van der Waals surface area contributed by atoms with Crippen molar-refractivity contribution in [1.82, 2.24) is 10.6 Å². The van der Waals surface area contributed by atoms with Crippen molar-refractivity contribution in [3.05, 3.63) is 0 Å². The fraction of sp³-hybridized carbons (Fsp3) is 0.857. The molecule has 1 aliphatic heterocycles. The van der Waals surface area contributed by atoms with E-state index >= 15 is 0 Å². The molecule has 0 saturated carbocycles. The lowest BCUT2D eigenvalue weighted by atomic mass is 9.94. The molecule has 1 saturated heterocycles. The minimum absolute atomic E-state index is 0.0259. The maximum atomic E-state index is 11.8.